The maximum Gasteiger partial charge on any atom is 0.262 e. The van der Waals surface area contributed by atoms with E-state index in [1.54, 1.807) is 6.08 Å². The number of rotatable bonds is 6. The normalized spacial score (nSPS) is 12.4. The fourth-order valence-corrected chi connectivity index (χ4v) is 4.23. The lowest BCUT2D eigenvalue weighted by molar-refractivity contribution is -0.117. The van der Waals surface area contributed by atoms with Crippen molar-refractivity contribution in [2.75, 3.05) is 0 Å². The zero-order chi connectivity index (χ0) is 23.4. The van der Waals surface area contributed by atoms with Crippen molar-refractivity contribution < 1.29 is 4.79 Å². The van der Waals surface area contributed by atoms with Crippen molar-refractivity contribution in [3.05, 3.63) is 112 Å². The van der Waals surface area contributed by atoms with Gasteiger partial charge in [0.25, 0.3) is 5.91 Å². The van der Waals surface area contributed by atoms with E-state index in [1.807, 2.05) is 92.7 Å². The third-order valence-electron chi connectivity index (χ3n) is 5.87. The monoisotopic (exact) mass is 453 g/mol. The fraction of sp³-hybridized carbons (Fsp3) is 0.143. The topological polar surface area (TPSA) is 57.8 Å². The van der Waals surface area contributed by atoms with E-state index in [2.05, 4.69) is 16.0 Å². The number of fused-ring (bicyclic) bond motifs is 1. The van der Waals surface area contributed by atoms with Crippen LogP contribution in [0.25, 0.3) is 17.0 Å². The number of halogens is 1. The molecule has 3 aromatic carbocycles. The molecule has 1 N–H and O–H groups in total. The van der Waals surface area contributed by atoms with Crippen molar-refractivity contribution in [3.8, 4) is 6.07 Å². The van der Waals surface area contributed by atoms with Gasteiger partial charge < -0.3 is 9.88 Å². The Morgan fingerprint density at radius 1 is 1.06 bits per heavy atom. The predicted octanol–water partition coefficient (Wildman–Crippen LogP) is 6.44. The molecule has 5 heteroatoms. The van der Waals surface area contributed by atoms with Crippen molar-refractivity contribution in [3.63, 3.8) is 0 Å². The van der Waals surface area contributed by atoms with Gasteiger partial charge >= 0.3 is 0 Å². The van der Waals surface area contributed by atoms with Gasteiger partial charge in [-0.2, -0.15) is 5.26 Å². The zero-order valence-corrected chi connectivity index (χ0v) is 19.3. The van der Waals surface area contributed by atoms with Crippen LogP contribution in [0.15, 0.2) is 84.4 Å². The van der Waals surface area contributed by atoms with Crippen molar-refractivity contribution in [1.29, 1.82) is 5.26 Å². The highest BCUT2D eigenvalue weighted by molar-refractivity contribution is 6.31. The van der Waals surface area contributed by atoms with Crippen LogP contribution in [0, 0.1) is 18.3 Å². The van der Waals surface area contributed by atoms with Crippen LogP contribution in [0.4, 0.5) is 0 Å². The molecule has 1 atom stereocenters. The molecule has 4 nitrogen and oxygen atoms in total. The maximum absolute atomic E-state index is 12.9. The molecule has 0 fully saturated rings. The van der Waals surface area contributed by atoms with Gasteiger partial charge in [-0.05, 0) is 43.2 Å². The Labute approximate surface area is 198 Å². The lowest BCUT2D eigenvalue weighted by atomic mass is 10.1. The molecule has 0 radical (unpaired) electrons. The molecule has 0 spiro atoms. The molecule has 1 aromatic heterocycles. The van der Waals surface area contributed by atoms with Crippen LogP contribution < -0.4 is 5.32 Å². The summed E-state index contributed by atoms with van der Waals surface area (Å²) in [6.07, 6.45) is 1.69. The molecule has 1 amide bonds. The first-order valence-corrected chi connectivity index (χ1v) is 11.2. The van der Waals surface area contributed by atoms with E-state index in [1.165, 1.54) is 0 Å². The number of carbonyl (C=O) groups excluding carboxylic acids is 1. The second kappa shape index (κ2) is 9.77. The second-order valence-corrected chi connectivity index (χ2v) is 8.38. The Kier molecular flexibility index (Phi) is 6.63. The Balaban J connectivity index is 1.71. The van der Waals surface area contributed by atoms with Crippen LogP contribution in [0.2, 0.25) is 5.02 Å². The van der Waals surface area contributed by atoms with Gasteiger partial charge in [0.05, 0.1) is 6.04 Å². The molecule has 0 aliphatic carbocycles. The summed E-state index contributed by atoms with van der Waals surface area (Å²) in [6.45, 7) is 4.50. The van der Waals surface area contributed by atoms with E-state index in [-0.39, 0.29) is 11.6 Å². The molecule has 164 valence electrons. The van der Waals surface area contributed by atoms with Gasteiger partial charge in [0, 0.05) is 33.7 Å². The van der Waals surface area contributed by atoms with E-state index in [0.29, 0.717) is 11.6 Å². The minimum Gasteiger partial charge on any atom is -0.345 e. The number of aromatic nitrogens is 1. The van der Waals surface area contributed by atoms with Gasteiger partial charge in [-0.15, -0.1) is 0 Å². The van der Waals surface area contributed by atoms with Crippen molar-refractivity contribution in [2.45, 2.75) is 26.4 Å². The average Bonchev–Trinajstić information content (AvgIpc) is 3.10. The first-order chi connectivity index (χ1) is 16.0. The van der Waals surface area contributed by atoms with Crippen LogP contribution in [0.1, 0.15) is 35.3 Å². The van der Waals surface area contributed by atoms with Crippen LogP contribution in [0.5, 0.6) is 0 Å². The van der Waals surface area contributed by atoms with Crippen molar-refractivity contribution in [2.24, 2.45) is 0 Å². The predicted molar refractivity (Wildman–Crippen MR) is 134 cm³/mol. The fourth-order valence-electron chi connectivity index (χ4n) is 4.03. The quantitative estimate of drug-likeness (QED) is 0.270. The minimum atomic E-state index is -0.392. The first-order valence-electron chi connectivity index (χ1n) is 10.8. The Morgan fingerprint density at radius 3 is 2.45 bits per heavy atom. The van der Waals surface area contributed by atoms with Crippen molar-refractivity contribution >= 4 is 34.5 Å². The Hall–Kier alpha value is -3.81. The number of amides is 1. The molecule has 0 bridgehead atoms. The molecular weight excluding hydrogens is 430 g/mol. The third kappa shape index (κ3) is 4.69. The molecular formula is C28H24ClN3O. The van der Waals surface area contributed by atoms with Crippen LogP contribution in [-0.4, -0.2) is 10.5 Å². The molecule has 4 rings (SSSR count). The summed E-state index contributed by atoms with van der Waals surface area (Å²) < 4.78 is 2.17. The van der Waals surface area contributed by atoms with Gasteiger partial charge in [0.15, 0.2) is 0 Å². The number of nitrogens with one attached hydrogen (secondary N) is 1. The number of para-hydroxylation sites is 1. The Morgan fingerprint density at radius 2 is 1.73 bits per heavy atom. The highest BCUT2D eigenvalue weighted by Crippen LogP contribution is 2.30. The third-order valence-corrected chi connectivity index (χ3v) is 6.24. The maximum atomic E-state index is 12.9. The van der Waals surface area contributed by atoms with Crippen LogP contribution >= 0.6 is 11.6 Å². The van der Waals surface area contributed by atoms with Gasteiger partial charge in [-0.25, -0.2) is 0 Å². The molecule has 33 heavy (non-hydrogen) atoms. The summed E-state index contributed by atoms with van der Waals surface area (Å²) in [4.78, 5) is 12.9. The highest BCUT2D eigenvalue weighted by atomic mass is 35.5. The summed E-state index contributed by atoms with van der Waals surface area (Å²) in [5.74, 6) is -0.392. The number of carbonyl (C=O) groups is 1. The summed E-state index contributed by atoms with van der Waals surface area (Å²) in [6, 6.07) is 27.3. The first kappa shape index (κ1) is 22.4. The lowest BCUT2D eigenvalue weighted by Gasteiger charge is -2.14. The van der Waals surface area contributed by atoms with Gasteiger partial charge in [-0.3, -0.25) is 4.79 Å². The average molecular weight is 454 g/mol. The second-order valence-electron chi connectivity index (χ2n) is 7.97. The van der Waals surface area contributed by atoms with E-state index in [0.717, 1.165) is 33.3 Å². The van der Waals surface area contributed by atoms with Gasteiger partial charge in [0.1, 0.15) is 11.6 Å². The molecule has 0 saturated heterocycles. The van der Waals surface area contributed by atoms with Crippen molar-refractivity contribution in [1.82, 2.24) is 9.88 Å². The van der Waals surface area contributed by atoms with Gasteiger partial charge in [-0.1, -0.05) is 78.3 Å². The molecule has 0 unspecified atom stereocenters. The Bertz CT molecular complexity index is 1380. The number of nitrogens with zero attached hydrogens (tertiary/aromatic N) is 2. The standard InChI is InChI=1S/C28H24ClN3O/c1-19(21-10-4-3-5-11-21)31-28(33)23(17-30)16-25-20(2)32(27-15-9-7-13-24(25)27)18-22-12-6-8-14-26(22)29/h3-16,19H,18H2,1-2H3,(H,31,33)/b23-16+/t19-/m1/s1. The van der Waals surface area contributed by atoms with E-state index < -0.39 is 5.91 Å². The van der Waals surface area contributed by atoms with E-state index >= 15 is 0 Å². The number of hydrogen-bond donors (Lipinski definition) is 1. The van der Waals surface area contributed by atoms with E-state index in [4.69, 9.17) is 11.6 Å². The summed E-state index contributed by atoms with van der Waals surface area (Å²) in [7, 11) is 0. The highest BCUT2D eigenvalue weighted by Gasteiger charge is 2.18. The van der Waals surface area contributed by atoms with Gasteiger partial charge in [0.2, 0.25) is 0 Å². The van der Waals surface area contributed by atoms with Crippen LogP contribution in [-0.2, 0) is 11.3 Å². The largest absolute Gasteiger partial charge is 0.345 e. The summed E-state index contributed by atoms with van der Waals surface area (Å²) in [5.41, 5.74) is 4.91. The number of nitriles is 1. The zero-order valence-electron chi connectivity index (χ0n) is 18.5. The minimum absolute atomic E-state index is 0.0709. The summed E-state index contributed by atoms with van der Waals surface area (Å²) in [5, 5.41) is 14.4. The number of hydrogen-bond acceptors (Lipinski definition) is 2. The molecule has 1 heterocycles. The molecule has 0 aliphatic rings. The SMILES string of the molecule is Cc1c(/C=C(\C#N)C(=O)N[C@H](C)c2ccccc2)c2ccccc2n1Cc1ccccc1Cl. The van der Waals surface area contributed by atoms with E-state index in [9.17, 15) is 10.1 Å². The smallest absolute Gasteiger partial charge is 0.262 e. The summed E-state index contributed by atoms with van der Waals surface area (Å²) >= 11 is 6.41. The number of benzene rings is 3. The molecule has 0 aliphatic heterocycles. The van der Waals surface area contributed by atoms with Crippen LogP contribution in [0.3, 0.4) is 0 Å². The molecule has 4 aromatic rings. The molecule has 0 saturated carbocycles. The lowest BCUT2D eigenvalue weighted by Crippen LogP contribution is -2.27.